The van der Waals surface area contributed by atoms with Crippen molar-refractivity contribution < 1.29 is 19.2 Å². The van der Waals surface area contributed by atoms with E-state index < -0.39 is 0 Å². The second kappa shape index (κ2) is 4.79. The van der Waals surface area contributed by atoms with Gasteiger partial charge in [-0.05, 0) is 6.07 Å². The van der Waals surface area contributed by atoms with Crippen molar-refractivity contribution in [1.29, 1.82) is 0 Å². The summed E-state index contributed by atoms with van der Waals surface area (Å²) in [5.74, 6) is 0. The third kappa shape index (κ3) is 1.64. The molecule has 0 atom stereocenters. The average Bonchev–Trinajstić information content (AvgIpc) is 2.91. The summed E-state index contributed by atoms with van der Waals surface area (Å²) in [6, 6.07) is 7.17. The van der Waals surface area contributed by atoms with Gasteiger partial charge < -0.3 is 4.98 Å². The van der Waals surface area contributed by atoms with E-state index in [4.69, 9.17) is 0 Å². The minimum absolute atomic E-state index is 0.0562. The fraction of sp³-hybridized carbons (Fsp3) is 0. The van der Waals surface area contributed by atoms with Crippen LogP contribution in [0.2, 0.25) is 0 Å². The maximum absolute atomic E-state index is 11.4. The Morgan fingerprint density at radius 2 is 1.29 bits per heavy atom. The Morgan fingerprint density at radius 3 is 1.90 bits per heavy atom. The van der Waals surface area contributed by atoms with Gasteiger partial charge in [-0.3, -0.25) is 19.2 Å². The Hall–Kier alpha value is -3.08. The molecule has 0 aliphatic heterocycles. The Bertz CT molecular complexity index is 921. The molecule has 3 rings (SSSR count). The van der Waals surface area contributed by atoms with Crippen molar-refractivity contribution in [2.75, 3.05) is 0 Å². The zero-order chi connectivity index (χ0) is 15.0. The number of aromatic amines is 1. The molecule has 0 saturated heterocycles. The Morgan fingerprint density at radius 1 is 0.714 bits per heavy atom. The smallest absolute Gasteiger partial charge is 0.152 e. The van der Waals surface area contributed by atoms with Crippen LogP contribution in [0.5, 0.6) is 0 Å². The molecule has 0 radical (unpaired) electrons. The lowest BCUT2D eigenvalue weighted by molar-refractivity contribution is 0.107. The first-order valence-corrected chi connectivity index (χ1v) is 6.17. The molecule has 0 saturated carbocycles. The van der Waals surface area contributed by atoms with Crippen LogP contribution in [0.1, 0.15) is 41.4 Å². The molecular weight excluding hydrogens is 270 g/mol. The van der Waals surface area contributed by atoms with Gasteiger partial charge in [-0.15, -0.1) is 0 Å². The van der Waals surface area contributed by atoms with Gasteiger partial charge >= 0.3 is 0 Å². The molecular formula is C16H9NO4. The van der Waals surface area contributed by atoms with Gasteiger partial charge in [0.2, 0.25) is 0 Å². The van der Waals surface area contributed by atoms with Crippen LogP contribution in [0.15, 0.2) is 24.3 Å². The van der Waals surface area contributed by atoms with Gasteiger partial charge in [0.1, 0.15) is 0 Å². The van der Waals surface area contributed by atoms with Crippen molar-refractivity contribution >= 4 is 47.0 Å². The molecule has 3 aromatic rings. The van der Waals surface area contributed by atoms with Crippen LogP contribution in [-0.4, -0.2) is 30.1 Å². The average molecular weight is 279 g/mol. The summed E-state index contributed by atoms with van der Waals surface area (Å²) in [7, 11) is 0. The minimum Gasteiger partial charge on any atom is -0.354 e. The van der Waals surface area contributed by atoms with Gasteiger partial charge in [-0.25, -0.2) is 0 Å². The molecule has 2 aromatic carbocycles. The van der Waals surface area contributed by atoms with Crippen molar-refractivity contribution in [3.05, 3.63) is 46.5 Å². The van der Waals surface area contributed by atoms with E-state index in [1.165, 1.54) is 0 Å². The zero-order valence-corrected chi connectivity index (χ0v) is 10.8. The number of hydrogen-bond acceptors (Lipinski definition) is 4. The van der Waals surface area contributed by atoms with Crippen LogP contribution in [0, 0.1) is 0 Å². The number of aromatic nitrogens is 1. The van der Waals surface area contributed by atoms with E-state index in [2.05, 4.69) is 4.98 Å². The third-order valence-electron chi connectivity index (χ3n) is 3.59. The summed E-state index contributed by atoms with van der Waals surface area (Å²) in [5, 5.41) is 1.20. The summed E-state index contributed by atoms with van der Waals surface area (Å²) >= 11 is 0. The topological polar surface area (TPSA) is 84.1 Å². The molecule has 0 aliphatic carbocycles. The lowest BCUT2D eigenvalue weighted by Crippen LogP contribution is -2.04. The summed E-state index contributed by atoms with van der Waals surface area (Å²) < 4.78 is 0. The van der Waals surface area contributed by atoms with Crippen LogP contribution < -0.4 is 0 Å². The first-order valence-electron chi connectivity index (χ1n) is 6.17. The highest BCUT2D eigenvalue weighted by molar-refractivity contribution is 6.23. The van der Waals surface area contributed by atoms with E-state index in [0.29, 0.717) is 36.0 Å². The van der Waals surface area contributed by atoms with E-state index in [1.807, 2.05) is 0 Å². The lowest BCUT2D eigenvalue weighted by atomic mass is 9.93. The second-order valence-corrected chi connectivity index (χ2v) is 4.55. The number of fused-ring (bicyclic) bond motifs is 3. The van der Waals surface area contributed by atoms with Gasteiger partial charge in [0.25, 0.3) is 0 Å². The number of H-pyrrole nitrogens is 1. The van der Waals surface area contributed by atoms with Crippen molar-refractivity contribution in [2.45, 2.75) is 0 Å². The Kier molecular flexibility index (Phi) is 2.95. The molecule has 1 aromatic heterocycles. The van der Waals surface area contributed by atoms with Gasteiger partial charge in [0, 0.05) is 38.5 Å². The summed E-state index contributed by atoms with van der Waals surface area (Å²) in [4.78, 5) is 48.4. The van der Waals surface area contributed by atoms with Crippen molar-refractivity contribution in [3.63, 3.8) is 0 Å². The predicted molar refractivity (Wildman–Crippen MR) is 77.4 cm³/mol. The molecule has 5 nitrogen and oxygen atoms in total. The van der Waals surface area contributed by atoms with E-state index in [-0.39, 0.29) is 22.3 Å². The SMILES string of the molecule is O=Cc1c(C=O)c(C=O)c2c([nH]c3ccccc32)c1C=O. The standard InChI is InChI=1S/C16H9NO4/c18-5-10-11(6-19)13(8-21)16-15(12(10)7-20)9-3-1-2-4-14(9)17-16/h1-8,17H. The Labute approximate surface area is 118 Å². The van der Waals surface area contributed by atoms with Crippen molar-refractivity contribution in [3.8, 4) is 0 Å². The van der Waals surface area contributed by atoms with E-state index in [0.717, 1.165) is 10.9 Å². The van der Waals surface area contributed by atoms with Crippen molar-refractivity contribution in [2.24, 2.45) is 0 Å². The van der Waals surface area contributed by atoms with Gasteiger partial charge in [-0.2, -0.15) is 0 Å². The maximum Gasteiger partial charge on any atom is 0.152 e. The Balaban J connectivity index is 2.72. The van der Waals surface area contributed by atoms with E-state index in [1.54, 1.807) is 24.3 Å². The summed E-state index contributed by atoms with van der Waals surface area (Å²) in [5.41, 5.74) is 1.19. The zero-order valence-electron chi connectivity index (χ0n) is 10.8. The number of carbonyl (C=O) groups is 4. The van der Waals surface area contributed by atoms with Crippen LogP contribution in [-0.2, 0) is 0 Å². The van der Waals surface area contributed by atoms with Crippen LogP contribution in [0.3, 0.4) is 0 Å². The molecule has 0 amide bonds. The fourth-order valence-corrected chi connectivity index (χ4v) is 2.68. The van der Waals surface area contributed by atoms with Crippen LogP contribution >= 0.6 is 0 Å². The largest absolute Gasteiger partial charge is 0.354 e. The van der Waals surface area contributed by atoms with Gasteiger partial charge in [0.15, 0.2) is 25.1 Å². The maximum atomic E-state index is 11.4. The van der Waals surface area contributed by atoms with Gasteiger partial charge in [-0.1, -0.05) is 18.2 Å². The highest BCUT2D eigenvalue weighted by atomic mass is 16.1. The number of carbonyl (C=O) groups excluding carboxylic acids is 4. The first kappa shape index (κ1) is 12.9. The normalized spacial score (nSPS) is 10.7. The van der Waals surface area contributed by atoms with Crippen LogP contribution in [0.4, 0.5) is 0 Å². The summed E-state index contributed by atoms with van der Waals surface area (Å²) in [6.07, 6.45) is 1.91. The molecule has 0 unspecified atom stereocenters. The highest BCUT2D eigenvalue weighted by Crippen LogP contribution is 2.33. The van der Waals surface area contributed by atoms with E-state index in [9.17, 15) is 19.2 Å². The molecule has 0 fully saturated rings. The monoisotopic (exact) mass is 279 g/mol. The number of nitrogens with one attached hydrogen (secondary N) is 1. The number of hydrogen-bond donors (Lipinski definition) is 1. The fourth-order valence-electron chi connectivity index (χ4n) is 2.68. The number of aldehydes is 4. The molecule has 102 valence electrons. The van der Waals surface area contributed by atoms with E-state index >= 15 is 0 Å². The predicted octanol–water partition coefficient (Wildman–Crippen LogP) is 2.57. The first-order chi connectivity index (χ1) is 10.3. The highest BCUT2D eigenvalue weighted by Gasteiger charge is 2.21. The van der Waals surface area contributed by atoms with Gasteiger partial charge in [0.05, 0.1) is 5.52 Å². The van der Waals surface area contributed by atoms with Crippen LogP contribution in [0.25, 0.3) is 21.8 Å². The number of benzene rings is 2. The summed E-state index contributed by atoms with van der Waals surface area (Å²) in [6.45, 7) is 0. The minimum atomic E-state index is -0.0684. The molecule has 0 aliphatic rings. The molecule has 21 heavy (non-hydrogen) atoms. The second-order valence-electron chi connectivity index (χ2n) is 4.55. The molecule has 5 heteroatoms. The molecule has 1 heterocycles. The van der Waals surface area contributed by atoms with Crippen molar-refractivity contribution in [1.82, 2.24) is 4.98 Å². The third-order valence-corrected chi connectivity index (χ3v) is 3.59. The lowest BCUT2D eigenvalue weighted by Gasteiger charge is -2.07. The molecule has 1 N–H and O–H groups in total. The molecule has 0 bridgehead atoms. The number of para-hydroxylation sites is 1. The number of rotatable bonds is 4. The molecule has 0 spiro atoms. The quantitative estimate of drug-likeness (QED) is 0.744.